The van der Waals surface area contributed by atoms with E-state index in [-0.39, 0.29) is 18.7 Å². The fourth-order valence-corrected chi connectivity index (χ4v) is 2.18. The van der Waals surface area contributed by atoms with Gasteiger partial charge < -0.3 is 14.7 Å². The summed E-state index contributed by atoms with van der Waals surface area (Å²) in [6, 6.07) is 2.04. The Balaban J connectivity index is 2.36. The van der Waals surface area contributed by atoms with Crippen LogP contribution in [0.4, 0.5) is 0 Å². The fourth-order valence-electron chi connectivity index (χ4n) is 2.18. The first kappa shape index (κ1) is 17.4. The minimum atomic E-state index is -0.889. The highest BCUT2D eigenvalue weighted by Crippen LogP contribution is 2.04. The molecule has 21 heavy (non-hydrogen) atoms. The van der Waals surface area contributed by atoms with Crippen molar-refractivity contribution in [3.63, 3.8) is 0 Å². The summed E-state index contributed by atoms with van der Waals surface area (Å²) < 4.78 is 5.27. The number of carboxylic acid groups (broad SMARTS) is 1. The number of carboxylic acids is 1. The van der Waals surface area contributed by atoms with Gasteiger partial charge >= 0.3 is 5.97 Å². The number of carbonyl (C=O) groups excluding carboxylic acids is 1. The van der Waals surface area contributed by atoms with Crippen LogP contribution in [0.2, 0.25) is 0 Å². The van der Waals surface area contributed by atoms with Crippen molar-refractivity contribution in [2.45, 2.75) is 25.7 Å². The van der Waals surface area contributed by atoms with Crippen LogP contribution < -0.4 is 0 Å². The Labute approximate surface area is 125 Å². The molecule has 118 valence electrons. The van der Waals surface area contributed by atoms with E-state index in [0.29, 0.717) is 39.1 Å². The molecule has 0 radical (unpaired) electrons. The second-order valence-electron chi connectivity index (χ2n) is 4.99. The van der Waals surface area contributed by atoms with Gasteiger partial charge in [0.05, 0.1) is 25.7 Å². The third-order valence-electron chi connectivity index (χ3n) is 3.42. The minimum absolute atomic E-state index is 0.00128. The summed E-state index contributed by atoms with van der Waals surface area (Å²) in [7, 11) is 0. The van der Waals surface area contributed by atoms with E-state index in [4.69, 9.17) is 15.1 Å². The molecule has 1 heterocycles. The molecule has 1 amide bonds. The zero-order chi connectivity index (χ0) is 15.5. The van der Waals surface area contributed by atoms with Crippen molar-refractivity contribution < 1.29 is 19.4 Å². The molecule has 7 heteroatoms. The maximum absolute atomic E-state index is 12.1. The second kappa shape index (κ2) is 10.1. The standard InChI is InChI=1S/C14H23N3O4/c15-5-2-6-17(13(18)3-1-4-14(19)20)8-7-16-9-11-21-12-10-16/h1-4,6-12H2,(H,19,20). The van der Waals surface area contributed by atoms with E-state index in [9.17, 15) is 9.59 Å². The highest BCUT2D eigenvalue weighted by molar-refractivity contribution is 5.77. The summed E-state index contributed by atoms with van der Waals surface area (Å²) in [6.45, 7) is 4.90. The predicted octanol–water partition coefficient (Wildman–Crippen LogP) is 0.316. The van der Waals surface area contributed by atoms with E-state index in [1.807, 2.05) is 6.07 Å². The molecule has 0 bridgehead atoms. The molecule has 0 saturated carbocycles. The monoisotopic (exact) mass is 297 g/mol. The third kappa shape index (κ3) is 7.63. The van der Waals surface area contributed by atoms with Crippen LogP contribution in [0, 0.1) is 11.3 Å². The van der Waals surface area contributed by atoms with Crippen LogP contribution in [0.1, 0.15) is 25.7 Å². The van der Waals surface area contributed by atoms with Crippen LogP contribution in [0.5, 0.6) is 0 Å². The summed E-state index contributed by atoms with van der Waals surface area (Å²) in [6.07, 6.45) is 0.866. The molecule has 0 aromatic heterocycles. The first-order valence-corrected chi connectivity index (χ1v) is 7.30. The quantitative estimate of drug-likeness (QED) is 0.658. The van der Waals surface area contributed by atoms with Crippen molar-refractivity contribution in [1.29, 1.82) is 5.26 Å². The smallest absolute Gasteiger partial charge is 0.303 e. The van der Waals surface area contributed by atoms with Gasteiger partial charge in [0.15, 0.2) is 0 Å². The molecule has 1 fully saturated rings. The Bertz CT molecular complexity index is 375. The van der Waals surface area contributed by atoms with Crippen molar-refractivity contribution in [2.24, 2.45) is 0 Å². The topological polar surface area (TPSA) is 93.9 Å². The van der Waals surface area contributed by atoms with Crippen LogP contribution in [0.15, 0.2) is 0 Å². The van der Waals surface area contributed by atoms with E-state index >= 15 is 0 Å². The van der Waals surface area contributed by atoms with Crippen LogP contribution in [0.25, 0.3) is 0 Å². The Morgan fingerprint density at radius 3 is 2.57 bits per heavy atom. The average Bonchev–Trinajstić information content (AvgIpc) is 2.48. The third-order valence-corrected chi connectivity index (χ3v) is 3.42. The molecule has 1 saturated heterocycles. The molecule has 7 nitrogen and oxygen atoms in total. The van der Waals surface area contributed by atoms with Gasteiger partial charge in [-0.05, 0) is 6.42 Å². The largest absolute Gasteiger partial charge is 0.481 e. The van der Waals surface area contributed by atoms with Crippen molar-refractivity contribution in [2.75, 3.05) is 45.9 Å². The lowest BCUT2D eigenvalue weighted by atomic mass is 10.2. The van der Waals surface area contributed by atoms with Gasteiger partial charge in [0.1, 0.15) is 0 Å². The van der Waals surface area contributed by atoms with Crippen LogP contribution in [0.3, 0.4) is 0 Å². The summed E-state index contributed by atoms with van der Waals surface area (Å²) >= 11 is 0. The molecule has 0 spiro atoms. The van der Waals surface area contributed by atoms with E-state index in [0.717, 1.165) is 19.6 Å². The lowest BCUT2D eigenvalue weighted by Crippen LogP contribution is -2.43. The summed E-state index contributed by atoms with van der Waals surface area (Å²) in [5, 5.41) is 17.3. The number of hydrogen-bond donors (Lipinski definition) is 1. The van der Waals surface area contributed by atoms with Crippen molar-refractivity contribution >= 4 is 11.9 Å². The Morgan fingerprint density at radius 1 is 1.24 bits per heavy atom. The molecular formula is C14H23N3O4. The van der Waals surface area contributed by atoms with Gasteiger partial charge in [-0.3, -0.25) is 14.5 Å². The lowest BCUT2D eigenvalue weighted by Gasteiger charge is -2.30. The first-order chi connectivity index (χ1) is 10.1. The van der Waals surface area contributed by atoms with Gasteiger partial charge in [0.2, 0.25) is 5.91 Å². The maximum atomic E-state index is 12.1. The number of nitrogens with zero attached hydrogens (tertiary/aromatic N) is 3. The number of rotatable bonds is 9. The van der Waals surface area contributed by atoms with Crippen molar-refractivity contribution in [1.82, 2.24) is 9.80 Å². The van der Waals surface area contributed by atoms with Crippen molar-refractivity contribution in [3.8, 4) is 6.07 Å². The number of ether oxygens (including phenoxy) is 1. The normalized spacial score (nSPS) is 15.4. The summed E-state index contributed by atoms with van der Waals surface area (Å²) in [4.78, 5) is 26.4. The van der Waals surface area contributed by atoms with E-state index in [2.05, 4.69) is 4.90 Å². The molecule has 0 aromatic carbocycles. The number of morpholine rings is 1. The van der Waals surface area contributed by atoms with Gasteiger partial charge in [-0.1, -0.05) is 0 Å². The average molecular weight is 297 g/mol. The zero-order valence-corrected chi connectivity index (χ0v) is 12.3. The molecular weight excluding hydrogens is 274 g/mol. The predicted molar refractivity (Wildman–Crippen MR) is 75.6 cm³/mol. The Hall–Kier alpha value is -1.65. The number of nitriles is 1. The summed E-state index contributed by atoms with van der Waals surface area (Å²) in [5.74, 6) is -0.959. The molecule has 0 aliphatic carbocycles. The Kier molecular flexibility index (Phi) is 8.40. The van der Waals surface area contributed by atoms with Gasteiger partial charge in [-0.25, -0.2) is 0 Å². The molecule has 0 aromatic rings. The number of hydrogen-bond acceptors (Lipinski definition) is 5. The molecule has 1 N–H and O–H groups in total. The van der Waals surface area contributed by atoms with E-state index in [1.54, 1.807) is 4.90 Å². The van der Waals surface area contributed by atoms with Crippen molar-refractivity contribution in [3.05, 3.63) is 0 Å². The first-order valence-electron chi connectivity index (χ1n) is 7.30. The molecule has 0 unspecified atom stereocenters. The van der Waals surface area contributed by atoms with Crippen LogP contribution >= 0.6 is 0 Å². The molecule has 1 aliphatic rings. The highest BCUT2D eigenvalue weighted by Gasteiger charge is 2.16. The SMILES string of the molecule is N#CCCN(CCN1CCOCC1)C(=O)CCCC(=O)O. The van der Waals surface area contributed by atoms with E-state index < -0.39 is 5.97 Å². The maximum Gasteiger partial charge on any atom is 0.303 e. The van der Waals surface area contributed by atoms with Crippen LogP contribution in [-0.2, 0) is 14.3 Å². The highest BCUT2D eigenvalue weighted by atomic mass is 16.5. The van der Waals surface area contributed by atoms with Gasteiger partial charge in [-0.2, -0.15) is 5.26 Å². The second-order valence-corrected chi connectivity index (χ2v) is 4.99. The number of amides is 1. The zero-order valence-electron chi connectivity index (χ0n) is 12.3. The minimum Gasteiger partial charge on any atom is -0.481 e. The number of aliphatic carboxylic acids is 1. The van der Waals surface area contributed by atoms with Crippen LogP contribution in [-0.4, -0.2) is 72.7 Å². The molecule has 1 rings (SSSR count). The molecule has 0 atom stereocenters. The van der Waals surface area contributed by atoms with Gasteiger partial charge in [0, 0.05) is 45.6 Å². The summed E-state index contributed by atoms with van der Waals surface area (Å²) in [5.41, 5.74) is 0. The lowest BCUT2D eigenvalue weighted by molar-refractivity contribution is -0.137. The molecule has 1 aliphatic heterocycles. The fraction of sp³-hybridized carbons (Fsp3) is 0.786. The van der Waals surface area contributed by atoms with E-state index in [1.165, 1.54) is 0 Å². The van der Waals surface area contributed by atoms with Gasteiger partial charge in [-0.15, -0.1) is 0 Å². The number of carbonyl (C=O) groups is 2. The Morgan fingerprint density at radius 2 is 1.95 bits per heavy atom. The van der Waals surface area contributed by atoms with Gasteiger partial charge in [0.25, 0.3) is 0 Å².